The minimum atomic E-state index is -1.97. The molecule has 1 fully saturated rings. The van der Waals surface area contributed by atoms with Crippen molar-refractivity contribution in [2.45, 2.75) is 69.4 Å². The van der Waals surface area contributed by atoms with Crippen LogP contribution in [0.4, 0.5) is 0 Å². The number of benzene rings is 3. The number of ether oxygens (including phenoxy) is 3. The zero-order valence-corrected chi connectivity index (χ0v) is 21.1. The number of aliphatic hydroxyl groups is 2. The molecule has 1 aliphatic heterocycles. The van der Waals surface area contributed by atoms with Crippen LogP contribution in [0.1, 0.15) is 43.9 Å². The Labute approximate surface area is 217 Å². The molecule has 0 radical (unpaired) electrons. The summed E-state index contributed by atoms with van der Waals surface area (Å²) in [6.45, 7) is 2.87. The molecular weight excluding hydrogens is 498 g/mol. The van der Waals surface area contributed by atoms with Crippen LogP contribution in [0, 0.1) is 0 Å². The molecular formula is C27H31NO10. The number of carbonyl (C=O) groups excluding carboxylic acids is 1. The van der Waals surface area contributed by atoms with Gasteiger partial charge in [-0.3, -0.25) is 4.79 Å². The van der Waals surface area contributed by atoms with Gasteiger partial charge < -0.3 is 50.6 Å². The first kappa shape index (κ1) is 26.3. The van der Waals surface area contributed by atoms with Gasteiger partial charge >= 0.3 is 0 Å². The predicted octanol–water partition coefficient (Wildman–Crippen LogP) is 1.97. The molecule has 0 amide bonds. The van der Waals surface area contributed by atoms with Crippen LogP contribution in [-0.2, 0) is 20.7 Å². The third-order valence-electron chi connectivity index (χ3n) is 7.87. The number of phenolic OH excluding ortho intramolecular Hbond substituents is 4. The van der Waals surface area contributed by atoms with Crippen molar-refractivity contribution >= 4 is 27.3 Å². The monoisotopic (exact) mass is 529 g/mol. The van der Waals surface area contributed by atoms with Crippen molar-refractivity contribution in [2.75, 3.05) is 7.11 Å². The largest absolute Gasteiger partial charge is 0.507 e. The number of hydrogen-bond donors (Lipinski definition) is 7. The molecule has 0 unspecified atom stereocenters. The van der Waals surface area contributed by atoms with E-state index in [9.17, 15) is 35.4 Å². The van der Waals surface area contributed by atoms with Crippen LogP contribution in [0.5, 0.6) is 28.7 Å². The second-order valence-electron chi connectivity index (χ2n) is 10.2. The molecule has 6 atom stereocenters. The van der Waals surface area contributed by atoms with E-state index in [1.165, 1.54) is 20.1 Å². The number of hydrogen-bond acceptors (Lipinski definition) is 11. The first-order valence-electron chi connectivity index (χ1n) is 12.3. The van der Waals surface area contributed by atoms with Gasteiger partial charge in [-0.1, -0.05) is 12.1 Å². The van der Waals surface area contributed by atoms with E-state index in [1.807, 2.05) is 0 Å². The molecule has 204 valence electrons. The first-order valence-corrected chi connectivity index (χ1v) is 12.3. The highest BCUT2D eigenvalue weighted by Gasteiger charge is 2.47. The van der Waals surface area contributed by atoms with Crippen molar-refractivity contribution in [3.05, 3.63) is 29.3 Å². The number of nitrogens with two attached hydrogens (primary N) is 1. The van der Waals surface area contributed by atoms with E-state index in [2.05, 4.69) is 0 Å². The third kappa shape index (κ3) is 3.81. The number of fused-ring (bicyclic) bond motifs is 3. The van der Waals surface area contributed by atoms with Gasteiger partial charge in [0, 0.05) is 35.8 Å². The maximum atomic E-state index is 12.5. The first-order chi connectivity index (χ1) is 17.9. The molecule has 8 N–H and O–H groups in total. The molecule has 3 aromatic carbocycles. The summed E-state index contributed by atoms with van der Waals surface area (Å²) in [4.78, 5) is 12.5. The highest BCUT2D eigenvalue weighted by Crippen LogP contribution is 2.57. The van der Waals surface area contributed by atoms with E-state index in [-0.39, 0.29) is 57.7 Å². The van der Waals surface area contributed by atoms with Crippen molar-refractivity contribution < 1.29 is 49.6 Å². The number of methoxy groups -OCH3 is 1. The number of Topliss-reactive ketones (excluding diaryl/α,β-unsaturated/α-hetero) is 1. The van der Waals surface area contributed by atoms with E-state index in [0.717, 1.165) is 0 Å². The molecule has 38 heavy (non-hydrogen) atoms. The molecule has 3 aromatic rings. The Hall–Kier alpha value is -3.35. The lowest BCUT2D eigenvalue weighted by atomic mass is 9.74. The van der Waals surface area contributed by atoms with Crippen LogP contribution in [0.25, 0.3) is 21.5 Å². The normalized spacial score (nSPS) is 29.4. The maximum Gasteiger partial charge on any atom is 0.161 e. The van der Waals surface area contributed by atoms with Gasteiger partial charge in [0.2, 0.25) is 0 Å². The Morgan fingerprint density at radius 1 is 1.08 bits per heavy atom. The Balaban J connectivity index is 1.77. The minimum absolute atomic E-state index is 0.00988. The second-order valence-corrected chi connectivity index (χ2v) is 10.2. The van der Waals surface area contributed by atoms with E-state index < -0.39 is 65.0 Å². The maximum absolute atomic E-state index is 12.5. The fourth-order valence-electron chi connectivity index (χ4n) is 5.66. The third-order valence-corrected chi connectivity index (χ3v) is 7.87. The van der Waals surface area contributed by atoms with E-state index in [4.69, 9.17) is 19.9 Å². The van der Waals surface area contributed by atoms with Gasteiger partial charge in [-0.25, -0.2) is 0 Å². The summed E-state index contributed by atoms with van der Waals surface area (Å²) in [6.07, 6.45) is -4.41. The Morgan fingerprint density at radius 2 is 1.76 bits per heavy atom. The number of rotatable bonds is 4. The lowest BCUT2D eigenvalue weighted by molar-refractivity contribution is -0.243. The number of aliphatic hydroxyl groups excluding tert-OH is 1. The molecule has 0 bridgehead atoms. The highest BCUT2D eigenvalue weighted by molar-refractivity contribution is 6.17. The lowest BCUT2D eigenvalue weighted by Crippen LogP contribution is -2.53. The molecule has 1 heterocycles. The second kappa shape index (κ2) is 9.14. The summed E-state index contributed by atoms with van der Waals surface area (Å²) in [7, 11) is 1.39. The lowest BCUT2D eigenvalue weighted by Gasteiger charge is -2.41. The smallest absolute Gasteiger partial charge is 0.161 e. The van der Waals surface area contributed by atoms with Gasteiger partial charge in [0.1, 0.15) is 34.3 Å². The van der Waals surface area contributed by atoms with Crippen molar-refractivity contribution in [2.24, 2.45) is 5.73 Å². The van der Waals surface area contributed by atoms with Gasteiger partial charge in [0.05, 0.1) is 47.6 Å². The van der Waals surface area contributed by atoms with Crippen molar-refractivity contribution in [1.82, 2.24) is 0 Å². The summed E-state index contributed by atoms with van der Waals surface area (Å²) >= 11 is 0. The highest BCUT2D eigenvalue weighted by atomic mass is 16.7. The van der Waals surface area contributed by atoms with Crippen molar-refractivity contribution in [1.29, 1.82) is 0 Å². The predicted molar refractivity (Wildman–Crippen MR) is 135 cm³/mol. The number of carbonyl (C=O) groups is 1. The fourth-order valence-corrected chi connectivity index (χ4v) is 5.66. The standard InChI is InChI=1S/C27H31NO10/c1-10-22(28)14(30)7-17(37-10)38-16-9-27(35,11(2)29)8-13-19(16)26(34)21-20(24(13)32)23(31)12-5-4-6-15(36-3)18(12)25(21)33/h4-6,10,14,16-17,22,30-35H,7-9,28H2,1-3H3/t10-,14-,16-,17-,22+,27-/m0/s1. The topological polar surface area (TPSA) is 192 Å². The summed E-state index contributed by atoms with van der Waals surface area (Å²) in [6, 6.07) is 4.02. The van der Waals surface area contributed by atoms with Crippen LogP contribution in [0.15, 0.2) is 18.2 Å². The molecule has 0 spiro atoms. The Bertz CT molecular complexity index is 1440. The van der Waals surface area contributed by atoms with Gasteiger partial charge in [-0.2, -0.15) is 0 Å². The molecule has 5 rings (SSSR count). The summed E-state index contributed by atoms with van der Waals surface area (Å²) < 4.78 is 17.2. The molecule has 0 saturated carbocycles. The van der Waals surface area contributed by atoms with Crippen LogP contribution >= 0.6 is 0 Å². The average Bonchev–Trinajstić information content (AvgIpc) is 2.87. The van der Waals surface area contributed by atoms with Gasteiger partial charge in [0.15, 0.2) is 12.1 Å². The van der Waals surface area contributed by atoms with E-state index >= 15 is 0 Å². The van der Waals surface area contributed by atoms with Crippen LogP contribution in [0.2, 0.25) is 0 Å². The zero-order chi connectivity index (χ0) is 27.7. The number of ketones is 1. The molecule has 11 nitrogen and oxygen atoms in total. The fraction of sp³-hybridized carbons (Fsp3) is 0.444. The molecule has 1 saturated heterocycles. The van der Waals surface area contributed by atoms with Gasteiger partial charge in [0.25, 0.3) is 0 Å². The van der Waals surface area contributed by atoms with E-state index in [0.29, 0.717) is 0 Å². The minimum Gasteiger partial charge on any atom is -0.507 e. The molecule has 11 heteroatoms. The summed E-state index contributed by atoms with van der Waals surface area (Å²) in [5.41, 5.74) is 3.96. The van der Waals surface area contributed by atoms with Crippen molar-refractivity contribution in [3.63, 3.8) is 0 Å². The zero-order valence-electron chi connectivity index (χ0n) is 21.1. The quantitative estimate of drug-likeness (QED) is 0.193. The SMILES string of the molecule is COc1cccc2c(O)c3c(O)c4c(c(O)c3c(O)c12)[C@@H](O[C@H]1C[C@H](O)[C@H](N)[C@H](C)O1)C[C@](O)(C(C)=O)C4. The van der Waals surface area contributed by atoms with Gasteiger partial charge in [-0.05, 0) is 19.9 Å². The summed E-state index contributed by atoms with van der Waals surface area (Å²) in [5, 5.41) is 66.7. The molecule has 2 aliphatic rings. The number of phenols is 4. The van der Waals surface area contributed by atoms with Crippen LogP contribution < -0.4 is 10.5 Å². The van der Waals surface area contributed by atoms with E-state index in [1.54, 1.807) is 19.1 Å². The van der Waals surface area contributed by atoms with Crippen molar-refractivity contribution in [3.8, 4) is 28.7 Å². The average molecular weight is 530 g/mol. The Kier molecular flexibility index (Phi) is 6.32. The molecule has 0 aromatic heterocycles. The Morgan fingerprint density at radius 3 is 2.39 bits per heavy atom. The summed E-state index contributed by atoms with van der Waals surface area (Å²) in [5.74, 6) is -2.29. The number of aromatic hydroxyl groups is 4. The van der Waals surface area contributed by atoms with Gasteiger partial charge in [-0.15, -0.1) is 0 Å². The molecule has 1 aliphatic carbocycles. The van der Waals surface area contributed by atoms with Crippen LogP contribution in [0.3, 0.4) is 0 Å². The van der Waals surface area contributed by atoms with Crippen LogP contribution in [-0.4, -0.2) is 73.7 Å².